The Morgan fingerprint density at radius 2 is 2.24 bits per heavy atom. The standard InChI is InChI=1S/C15H16BrN3O2/c1-2-8-18-15(20)11-3-6-14(19-10-11)17-9-7-12-4-5-13(16)21-12/h2-6,10H,1,7-9H2,(H,17,19)(H,18,20). The molecule has 0 aliphatic rings. The third-order valence-electron chi connectivity index (χ3n) is 2.74. The molecule has 0 fully saturated rings. The van der Waals surface area contributed by atoms with Gasteiger partial charge in [0.25, 0.3) is 5.91 Å². The van der Waals surface area contributed by atoms with Gasteiger partial charge in [-0.05, 0) is 40.2 Å². The SMILES string of the molecule is C=CCNC(=O)c1ccc(NCCc2ccc(Br)o2)nc1. The van der Waals surface area contributed by atoms with Gasteiger partial charge in [-0.25, -0.2) is 4.98 Å². The molecule has 2 aromatic heterocycles. The summed E-state index contributed by atoms with van der Waals surface area (Å²) in [6.07, 6.45) is 3.94. The van der Waals surface area contributed by atoms with Crippen LogP contribution >= 0.6 is 15.9 Å². The van der Waals surface area contributed by atoms with Crippen LogP contribution in [0.3, 0.4) is 0 Å². The summed E-state index contributed by atoms with van der Waals surface area (Å²) in [5, 5.41) is 5.88. The van der Waals surface area contributed by atoms with E-state index in [1.54, 1.807) is 24.4 Å². The molecular formula is C15H16BrN3O2. The lowest BCUT2D eigenvalue weighted by Crippen LogP contribution is -2.23. The van der Waals surface area contributed by atoms with Gasteiger partial charge in [0.15, 0.2) is 4.67 Å². The van der Waals surface area contributed by atoms with Gasteiger partial charge in [-0.3, -0.25) is 4.79 Å². The third-order valence-corrected chi connectivity index (χ3v) is 3.17. The number of halogens is 1. The molecule has 0 saturated heterocycles. The number of aromatic nitrogens is 1. The van der Waals surface area contributed by atoms with E-state index in [0.717, 1.165) is 22.7 Å². The first-order valence-electron chi connectivity index (χ1n) is 6.52. The number of nitrogens with zero attached hydrogens (tertiary/aromatic N) is 1. The van der Waals surface area contributed by atoms with Gasteiger partial charge in [0.05, 0.1) is 5.56 Å². The highest BCUT2D eigenvalue weighted by atomic mass is 79.9. The van der Waals surface area contributed by atoms with Gasteiger partial charge < -0.3 is 15.1 Å². The van der Waals surface area contributed by atoms with Crippen molar-refractivity contribution in [2.24, 2.45) is 0 Å². The van der Waals surface area contributed by atoms with Crippen molar-refractivity contribution in [2.75, 3.05) is 18.4 Å². The Bertz CT molecular complexity index is 608. The Labute approximate surface area is 131 Å². The first-order chi connectivity index (χ1) is 10.2. The van der Waals surface area contributed by atoms with Crippen LogP contribution in [0.2, 0.25) is 0 Å². The van der Waals surface area contributed by atoms with Crippen molar-refractivity contribution in [3.05, 3.63) is 59.1 Å². The maximum atomic E-state index is 11.7. The lowest BCUT2D eigenvalue weighted by Gasteiger charge is -2.06. The van der Waals surface area contributed by atoms with Crippen molar-refractivity contribution in [2.45, 2.75) is 6.42 Å². The van der Waals surface area contributed by atoms with Gasteiger partial charge in [0.2, 0.25) is 0 Å². The summed E-state index contributed by atoms with van der Waals surface area (Å²) < 4.78 is 6.13. The van der Waals surface area contributed by atoms with Crippen molar-refractivity contribution < 1.29 is 9.21 Å². The summed E-state index contributed by atoms with van der Waals surface area (Å²) in [6, 6.07) is 7.30. The van der Waals surface area contributed by atoms with Crippen molar-refractivity contribution in [3.63, 3.8) is 0 Å². The molecule has 110 valence electrons. The lowest BCUT2D eigenvalue weighted by atomic mass is 10.2. The van der Waals surface area contributed by atoms with Gasteiger partial charge in [-0.15, -0.1) is 6.58 Å². The molecule has 0 aliphatic heterocycles. The largest absolute Gasteiger partial charge is 0.454 e. The predicted octanol–water partition coefficient (Wildman–Crippen LogP) is 3.01. The fraction of sp³-hybridized carbons (Fsp3) is 0.200. The van der Waals surface area contributed by atoms with Crippen LogP contribution in [-0.4, -0.2) is 24.0 Å². The zero-order valence-electron chi connectivity index (χ0n) is 11.4. The van der Waals surface area contributed by atoms with Crippen LogP contribution in [0.15, 0.2) is 52.2 Å². The molecule has 0 radical (unpaired) electrons. The third kappa shape index (κ3) is 4.75. The molecule has 0 spiro atoms. The number of pyridine rings is 1. The van der Waals surface area contributed by atoms with E-state index in [4.69, 9.17) is 4.42 Å². The number of hydrogen-bond donors (Lipinski definition) is 2. The van der Waals surface area contributed by atoms with Gasteiger partial charge in [0, 0.05) is 25.7 Å². The van der Waals surface area contributed by atoms with Crippen LogP contribution in [0.25, 0.3) is 0 Å². The molecule has 1 amide bonds. The second-order valence-corrected chi connectivity index (χ2v) is 5.09. The Balaban J connectivity index is 1.82. The normalized spacial score (nSPS) is 10.1. The lowest BCUT2D eigenvalue weighted by molar-refractivity contribution is 0.0957. The van der Waals surface area contributed by atoms with E-state index in [2.05, 4.69) is 38.1 Å². The number of carbonyl (C=O) groups is 1. The summed E-state index contributed by atoms with van der Waals surface area (Å²) in [5.74, 6) is 1.46. The summed E-state index contributed by atoms with van der Waals surface area (Å²) in [5.41, 5.74) is 0.525. The molecule has 2 N–H and O–H groups in total. The van der Waals surface area contributed by atoms with Gasteiger partial charge in [-0.2, -0.15) is 0 Å². The maximum absolute atomic E-state index is 11.7. The number of rotatable bonds is 7. The second kappa shape index (κ2) is 7.64. The van der Waals surface area contributed by atoms with E-state index in [0.29, 0.717) is 18.7 Å². The minimum absolute atomic E-state index is 0.158. The van der Waals surface area contributed by atoms with Gasteiger partial charge in [-0.1, -0.05) is 6.08 Å². The molecule has 2 heterocycles. The summed E-state index contributed by atoms with van der Waals surface area (Å²) in [7, 11) is 0. The number of furan rings is 1. The Morgan fingerprint density at radius 3 is 2.86 bits per heavy atom. The number of carbonyl (C=O) groups excluding carboxylic acids is 1. The highest BCUT2D eigenvalue weighted by molar-refractivity contribution is 9.10. The zero-order chi connectivity index (χ0) is 15.1. The molecule has 0 aromatic carbocycles. The number of nitrogens with one attached hydrogen (secondary N) is 2. The smallest absolute Gasteiger partial charge is 0.253 e. The van der Waals surface area contributed by atoms with E-state index < -0.39 is 0 Å². The van der Waals surface area contributed by atoms with Crippen molar-refractivity contribution in [1.29, 1.82) is 0 Å². The van der Waals surface area contributed by atoms with Crippen LogP contribution in [0.1, 0.15) is 16.1 Å². The molecular weight excluding hydrogens is 334 g/mol. The van der Waals surface area contributed by atoms with Crippen LogP contribution in [0, 0.1) is 0 Å². The average Bonchev–Trinajstić information content (AvgIpc) is 2.91. The number of anilines is 1. The minimum Gasteiger partial charge on any atom is -0.454 e. The fourth-order valence-corrected chi connectivity index (χ4v) is 2.04. The predicted molar refractivity (Wildman–Crippen MR) is 85.4 cm³/mol. The number of amides is 1. The maximum Gasteiger partial charge on any atom is 0.253 e. The topological polar surface area (TPSA) is 67.2 Å². The van der Waals surface area contributed by atoms with Crippen LogP contribution in [-0.2, 0) is 6.42 Å². The molecule has 0 aliphatic carbocycles. The van der Waals surface area contributed by atoms with Crippen molar-refractivity contribution in [3.8, 4) is 0 Å². The van der Waals surface area contributed by atoms with Crippen molar-refractivity contribution in [1.82, 2.24) is 10.3 Å². The van der Waals surface area contributed by atoms with Gasteiger partial charge in [0.1, 0.15) is 11.6 Å². The second-order valence-electron chi connectivity index (χ2n) is 4.31. The molecule has 0 saturated carbocycles. The molecule has 0 unspecified atom stereocenters. The average molecular weight is 350 g/mol. The first-order valence-corrected chi connectivity index (χ1v) is 7.31. The van der Waals surface area contributed by atoms with Crippen LogP contribution in [0.4, 0.5) is 5.82 Å². The van der Waals surface area contributed by atoms with E-state index in [1.807, 2.05) is 12.1 Å². The molecule has 2 aromatic rings. The summed E-state index contributed by atoms with van der Waals surface area (Å²) in [4.78, 5) is 15.9. The Kier molecular flexibility index (Phi) is 5.57. The quantitative estimate of drug-likeness (QED) is 0.754. The summed E-state index contributed by atoms with van der Waals surface area (Å²) in [6.45, 7) is 4.70. The van der Waals surface area contributed by atoms with E-state index in [-0.39, 0.29) is 5.91 Å². The van der Waals surface area contributed by atoms with E-state index >= 15 is 0 Å². The van der Waals surface area contributed by atoms with Crippen molar-refractivity contribution >= 4 is 27.7 Å². The van der Waals surface area contributed by atoms with E-state index in [9.17, 15) is 4.79 Å². The zero-order valence-corrected chi connectivity index (χ0v) is 13.0. The molecule has 0 atom stereocenters. The first kappa shape index (κ1) is 15.3. The summed E-state index contributed by atoms with van der Waals surface area (Å²) >= 11 is 3.26. The Morgan fingerprint density at radius 1 is 1.38 bits per heavy atom. The molecule has 21 heavy (non-hydrogen) atoms. The number of hydrogen-bond acceptors (Lipinski definition) is 4. The minimum atomic E-state index is -0.158. The van der Waals surface area contributed by atoms with Crippen LogP contribution < -0.4 is 10.6 Å². The molecule has 6 heteroatoms. The fourth-order valence-electron chi connectivity index (χ4n) is 1.70. The van der Waals surface area contributed by atoms with Crippen LogP contribution in [0.5, 0.6) is 0 Å². The molecule has 0 bridgehead atoms. The molecule has 2 rings (SSSR count). The highest BCUT2D eigenvalue weighted by Gasteiger charge is 2.05. The highest BCUT2D eigenvalue weighted by Crippen LogP contribution is 2.14. The molecule has 5 nitrogen and oxygen atoms in total. The van der Waals surface area contributed by atoms with Gasteiger partial charge >= 0.3 is 0 Å². The Hall–Kier alpha value is -2.08. The monoisotopic (exact) mass is 349 g/mol. The van der Waals surface area contributed by atoms with E-state index in [1.165, 1.54) is 0 Å².